The van der Waals surface area contributed by atoms with Crippen molar-refractivity contribution in [2.24, 2.45) is 0 Å². The largest absolute Gasteiger partial charge is 0.395 e. The highest BCUT2D eigenvalue weighted by Crippen LogP contribution is 2.16. The first-order valence-corrected chi connectivity index (χ1v) is 6.74. The number of aryl methyl sites for hydroxylation is 1. The van der Waals surface area contributed by atoms with Gasteiger partial charge in [0.05, 0.1) is 11.4 Å². The van der Waals surface area contributed by atoms with Crippen LogP contribution in [0.15, 0.2) is 0 Å². The number of hydrogen-bond donors (Lipinski definition) is 2. The van der Waals surface area contributed by atoms with Gasteiger partial charge in [-0.3, -0.25) is 14.7 Å². The molecule has 1 heterocycles. The first kappa shape index (κ1) is 16.0. The lowest BCUT2D eigenvalue weighted by Crippen LogP contribution is -2.41. The third kappa shape index (κ3) is 3.49. The Bertz CT molecular complexity index is 481. The molecule has 0 saturated carbocycles. The fourth-order valence-electron chi connectivity index (χ4n) is 1.80. The van der Waals surface area contributed by atoms with E-state index >= 15 is 0 Å². The Morgan fingerprint density at radius 1 is 1.30 bits per heavy atom. The predicted octanol–water partition coefficient (Wildman–Crippen LogP) is 0.495. The molecule has 1 aromatic heterocycles. The third-order valence-corrected chi connectivity index (χ3v) is 3.04. The zero-order chi connectivity index (χ0) is 15.3. The van der Waals surface area contributed by atoms with E-state index in [-0.39, 0.29) is 24.1 Å². The van der Waals surface area contributed by atoms with E-state index in [1.807, 2.05) is 13.8 Å². The van der Waals surface area contributed by atoms with Crippen molar-refractivity contribution in [1.29, 1.82) is 0 Å². The van der Waals surface area contributed by atoms with Crippen molar-refractivity contribution in [2.75, 3.05) is 32.9 Å². The van der Waals surface area contributed by atoms with Crippen LogP contribution in [0.25, 0.3) is 0 Å². The molecule has 0 bridgehead atoms. The highest BCUT2D eigenvalue weighted by Gasteiger charge is 2.24. The monoisotopic (exact) mass is 281 g/mol. The number of H-pyrrole nitrogens is 1. The summed E-state index contributed by atoms with van der Waals surface area (Å²) in [6.45, 7) is 4.41. The number of amides is 2. The maximum absolute atomic E-state index is 12.4. The van der Waals surface area contributed by atoms with Crippen LogP contribution in [-0.4, -0.2) is 59.0 Å². The second-order valence-electron chi connectivity index (χ2n) is 4.83. The van der Waals surface area contributed by atoms with Crippen LogP contribution in [0.3, 0.4) is 0 Å². The average molecular weight is 281 g/mol. The lowest BCUT2D eigenvalue weighted by atomic mass is 10.2. The Kier molecular flexibility index (Phi) is 5.54. The molecule has 0 aromatic carbocycles. The minimum atomic E-state index is -0.310. The highest BCUT2D eigenvalue weighted by atomic mass is 16.2. The van der Waals surface area contributed by atoms with E-state index in [4.69, 9.17) is 5.73 Å². The Morgan fingerprint density at radius 2 is 1.95 bits per heavy atom. The number of aromatic amines is 1. The average Bonchev–Trinajstić information content (AvgIpc) is 2.78. The summed E-state index contributed by atoms with van der Waals surface area (Å²) in [5, 5.41) is 6.74. The van der Waals surface area contributed by atoms with Crippen LogP contribution in [0.1, 0.15) is 36.5 Å². The number of carbonyl (C=O) groups is 2. The van der Waals surface area contributed by atoms with E-state index in [9.17, 15) is 9.59 Å². The summed E-state index contributed by atoms with van der Waals surface area (Å²) in [4.78, 5) is 27.2. The van der Waals surface area contributed by atoms with Crippen LogP contribution < -0.4 is 5.73 Å². The van der Waals surface area contributed by atoms with Gasteiger partial charge in [-0.2, -0.15) is 5.10 Å². The zero-order valence-corrected chi connectivity index (χ0v) is 12.6. The standard InChI is InChI=1S/C13H23N5O2/c1-5-7-18(8-10(19)17(3)4)13(20)12-11(14)9(6-2)15-16-12/h5-8,14H2,1-4H3,(H,15,16). The summed E-state index contributed by atoms with van der Waals surface area (Å²) in [7, 11) is 3.32. The molecule has 0 aliphatic carbocycles. The Hall–Kier alpha value is -2.05. The molecule has 0 radical (unpaired) electrons. The normalized spacial score (nSPS) is 10.4. The molecule has 112 valence electrons. The van der Waals surface area contributed by atoms with Gasteiger partial charge >= 0.3 is 0 Å². The van der Waals surface area contributed by atoms with Crippen molar-refractivity contribution in [3.05, 3.63) is 11.4 Å². The van der Waals surface area contributed by atoms with Gasteiger partial charge in [0.25, 0.3) is 5.91 Å². The molecule has 1 rings (SSSR count). The van der Waals surface area contributed by atoms with Gasteiger partial charge in [0.2, 0.25) is 5.91 Å². The fraction of sp³-hybridized carbons (Fsp3) is 0.615. The number of nitrogens with two attached hydrogens (primary N) is 1. The van der Waals surface area contributed by atoms with Gasteiger partial charge in [-0.1, -0.05) is 13.8 Å². The van der Waals surface area contributed by atoms with Gasteiger partial charge in [-0.05, 0) is 12.8 Å². The Labute approximate surface area is 119 Å². The number of nitrogen functional groups attached to an aromatic ring is 1. The Balaban J connectivity index is 2.93. The second-order valence-corrected chi connectivity index (χ2v) is 4.83. The smallest absolute Gasteiger partial charge is 0.276 e. The highest BCUT2D eigenvalue weighted by molar-refractivity contribution is 5.99. The first-order valence-electron chi connectivity index (χ1n) is 6.74. The van der Waals surface area contributed by atoms with Gasteiger partial charge in [-0.15, -0.1) is 0 Å². The number of rotatable bonds is 6. The minimum Gasteiger partial charge on any atom is -0.395 e. The van der Waals surface area contributed by atoms with E-state index < -0.39 is 0 Å². The molecule has 3 N–H and O–H groups in total. The molecule has 7 nitrogen and oxygen atoms in total. The van der Waals surface area contributed by atoms with Crippen molar-refractivity contribution >= 4 is 17.5 Å². The summed E-state index contributed by atoms with van der Waals surface area (Å²) in [6.07, 6.45) is 1.44. The fourth-order valence-corrected chi connectivity index (χ4v) is 1.80. The van der Waals surface area contributed by atoms with Crippen LogP contribution in [0, 0.1) is 0 Å². The molecule has 0 unspecified atom stereocenters. The number of anilines is 1. The number of nitrogens with zero attached hydrogens (tertiary/aromatic N) is 3. The molecule has 0 spiro atoms. The lowest BCUT2D eigenvalue weighted by Gasteiger charge is -2.22. The van der Waals surface area contributed by atoms with Crippen LogP contribution >= 0.6 is 0 Å². The molecule has 1 aromatic rings. The number of nitrogens with one attached hydrogen (secondary N) is 1. The van der Waals surface area contributed by atoms with Crippen LogP contribution in [0.2, 0.25) is 0 Å². The molecule has 0 aliphatic rings. The minimum absolute atomic E-state index is 0.0352. The number of carbonyl (C=O) groups excluding carboxylic acids is 2. The summed E-state index contributed by atoms with van der Waals surface area (Å²) >= 11 is 0. The third-order valence-electron chi connectivity index (χ3n) is 3.04. The van der Waals surface area contributed by atoms with Crippen molar-refractivity contribution < 1.29 is 9.59 Å². The molecular weight excluding hydrogens is 258 g/mol. The second kappa shape index (κ2) is 6.93. The summed E-state index contributed by atoms with van der Waals surface area (Å²) < 4.78 is 0. The molecule has 2 amide bonds. The van der Waals surface area contributed by atoms with Gasteiger partial charge < -0.3 is 15.5 Å². The number of likely N-dealkylation sites (N-methyl/N-ethyl adjacent to an activating group) is 1. The van der Waals surface area contributed by atoms with Gasteiger partial charge in [0.15, 0.2) is 5.69 Å². The van der Waals surface area contributed by atoms with E-state index in [1.165, 1.54) is 9.80 Å². The van der Waals surface area contributed by atoms with Gasteiger partial charge in [0, 0.05) is 20.6 Å². The summed E-state index contributed by atoms with van der Waals surface area (Å²) in [5.41, 5.74) is 7.21. The molecule has 0 fully saturated rings. The summed E-state index contributed by atoms with van der Waals surface area (Å²) in [5.74, 6) is -0.438. The van der Waals surface area contributed by atoms with Crippen molar-refractivity contribution in [3.63, 3.8) is 0 Å². The topological polar surface area (TPSA) is 95.3 Å². The van der Waals surface area contributed by atoms with E-state index in [0.29, 0.717) is 18.7 Å². The molecule has 20 heavy (non-hydrogen) atoms. The van der Waals surface area contributed by atoms with Crippen LogP contribution in [-0.2, 0) is 11.2 Å². The first-order chi connectivity index (χ1) is 9.42. The van der Waals surface area contributed by atoms with E-state index in [0.717, 1.165) is 12.1 Å². The molecule has 0 saturated heterocycles. The SMILES string of the molecule is CCCN(CC(=O)N(C)C)C(=O)c1n[nH]c(CC)c1N. The van der Waals surface area contributed by atoms with Gasteiger partial charge in [0.1, 0.15) is 6.54 Å². The summed E-state index contributed by atoms with van der Waals surface area (Å²) in [6, 6.07) is 0. The van der Waals surface area contributed by atoms with Crippen LogP contribution in [0.5, 0.6) is 0 Å². The molecule has 7 heteroatoms. The maximum Gasteiger partial charge on any atom is 0.276 e. The Morgan fingerprint density at radius 3 is 2.40 bits per heavy atom. The predicted molar refractivity (Wildman–Crippen MR) is 77.3 cm³/mol. The molecule has 0 atom stereocenters. The van der Waals surface area contributed by atoms with E-state index in [1.54, 1.807) is 14.1 Å². The van der Waals surface area contributed by atoms with Crippen molar-refractivity contribution in [2.45, 2.75) is 26.7 Å². The van der Waals surface area contributed by atoms with Crippen molar-refractivity contribution in [1.82, 2.24) is 20.0 Å². The quantitative estimate of drug-likeness (QED) is 0.793. The molecular formula is C13H23N5O2. The van der Waals surface area contributed by atoms with Gasteiger partial charge in [-0.25, -0.2) is 0 Å². The van der Waals surface area contributed by atoms with Crippen molar-refractivity contribution in [3.8, 4) is 0 Å². The lowest BCUT2D eigenvalue weighted by molar-refractivity contribution is -0.129. The number of hydrogen-bond acceptors (Lipinski definition) is 4. The maximum atomic E-state index is 12.4. The zero-order valence-electron chi connectivity index (χ0n) is 12.6. The number of aromatic nitrogens is 2. The van der Waals surface area contributed by atoms with E-state index in [2.05, 4.69) is 10.2 Å². The van der Waals surface area contributed by atoms with Crippen LogP contribution in [0.4, 0.5) is 5.69 Å². The molecule has 0 aliphatic heterocycles.